The summed E-state index contributed by atoms with van der Waals surface area (Å²) in [6, 6.07) is 7.43. The third kappa shape index (κ3) is 3.86. The second kappa shape index (κ2) is 7.29. The summed E-state index contributed by atoms with van der Waals surface area (Å²) in [6.45, 7) is 2.61. The van der Waals surface area contributed by atoms with Crippen LogP contribution in [0.15, 0.2) is 24.3 Å². The van der Waals surface area contributed by atoms with Gasteiger partial charge in [0.2, 0.25) is 0 Å². The Kier molecular flexibility index (Phi) is 5.94. The third-order valence-electron chi connectivity index (χ3n) is 2.33. The normalized spacial score (nSPS) is 12.5. The number of hydrogen-bond acceptors (Lipinski definition) is 2. The Morgan fingerprint density at radius 3 is 2.62 bits per heavy atom. The molecule has 1 heterocycles. The van der Waals surface area contributed by atoms with Gasteiger partial charge in [0.25, 0.3) is 0 Å². The predicted molar refractivity (Wildman–Crippen MR) is 65.8 cm³/mol. The highest BCUT2D eigenvalue weighted by Crippen LogP contribution is 2.17. The molecule has 0 bridgehead atoms. The number of esters is 1. The number of unbranched alkanes of at least 4 members (excludes halogenated alkanes) is 2. The molecule has 0 unspecified atom stereocenters. The molecular formula is C13H17ClO2. The first-order valence-electron chi connectivity index (χ1n) is 5.60. The molecule has 1 aromatic rings. The van der Waals surface area contributed by atoms with Gasteiger partial charge in [-0.25, -0.2) is 4.79 Å². The lowest BCUT2D eigenvalue weighted by molar-refractivity contribution is 0.0535. The summed E-state index contributed by atoms with van der Waals surface area (Å²) >= 11 is 5.38. The van der Waals surface area contributed by atoms with Gasteiger partial charge >= 0.3 is 5.97 Å². The van der Waals surface area contributed by atoms with Crippen molar-refractivity contribution < 1.29 is 9.53 Å². The van der Waals surface area contributed by atoms with Crippen LogP contribution in [0.2, 0.25) is 0 Å². The Balaban J connectivity index is 0.000000187. The fourth-order valence-electron chi connectivity index (χ4n) is 1.41. The van der Waals surface area contributed by atoms with E-state index in [-0.39, 0.29) is 5.97 Å². The molecule has 1 aromatic carbocycles. The van der Waals surface area contributed by atoms with Crippen LogP contribution in [0.1, 0.15) is 42.1 Å². The average molecular weight is 241 g/mol. The Bertz CT molecular complexity index is 332. The monoisotopic (exact) mass is 240 g/mol. The Morgan fingerprint density at radius 2 is 2.06 bits per heavy atom. The lowest BCUT2D eigenvalue weighted by Crippen LogP contribution is -1.91. The van der Waals surface area contributed by atoms with Gasteiger partial charge in [-0.15, -0.1) is 11.6 Å². The number of carbonyl (C=O) groups excluding carboxylic acids is 1. The van der Waals surface area contributed by atoms with Crippen molar-refractivity contribution in [1.82, 2.24) is 0 Å². The van der Waals surface area contributed by atoms with E-state index < -0.39 is 0 Å². The lowest BCUT2D eigenvalue weighted by atomic mass is 10.1. The van der Waals surface area contributed by atoms with Gasteiger partial charge < -0.3 is 4.74 Å². The largest absolute Gasteiger partial charge is 0.457 e. The fourth-order valence-corrected chi connectivity index (χ4v) is 1.60. The molecule has 3 heteroatoms. The smallest absolute Gasteiger partial charge is 0.338 e. The van der Waals surface area contributed by atoms with Gasteiger partial charge in [-0.3, -0.25) is 0 Å². The van der Waals surface area contributed by atoms with Crippen LogP contribution >= 0.6 is 11.6 Å². The van der Waals surface area contributed by atoms with Crippen LogP contribution in [0.3, 0.4) is 0 Å². The molecule has 0 fully saturated rings. The SMILES string of the molecule is CCCCCCl.O=C1OCc2ccccc21. The fraction of sp³-hybridized carbons (Fsp3) is 0.462. The highest BCUT2D eigenvalue weighted by molar-refractivity contribution is 6.17. The summed E-state index contributed by atoms with van der Waals surface area (Å²) in [7, 11) is 0. The van der Waals surface area contributed by atoms with E-state index in [2.05, 4.69) is 6.92 Å². The molecule has 2 nitrogen and oxygen atoms in total. The maximum absolute atomic E-state index is 10.8. The van der Waals surface area contributed by atoms with Gasteiger partial charge in [-0.1, -0.05) is 38.0 Å². The quantitative estimate of drug-likeness (QED) is 0.457. The highest BCUT2D eigenvalue weighted by atomic mass is 35.5. The number of ether oxygens (including phenoxy) is 1. The molecule has 16 heavy (non-hydrogen) atoms. The average Bonchev–Trinajstić information content (AvgIpc) is 2.70. The van der Waals surface area contributed by atoms with Crippen molar-refractivity contribution in [3.63, 3.8) is 0 Å². The van der Waals surface area contributed by atoms with Crippen molar-refractivity contribution in [1.29, 1.82) is 0 Å². The lowest BCUT2D eigenvalue weighted by Gasteiger charge is -1.87. The molecule has 0 spiro atoms. The standard InChI is InChI=1S/C8H6O2.C5H11Cl/c9-8-7-4-2-1-3-6(7)5-10-8;1-2-3-4-5-6/h1-4H,5H2;2-5H2,1H3. The van der Waals surface area contributed by atoms with Crippen molar-refractivity contribution in [2.45, 2.75) is 32.8 Å². The van der Waals surface area contributed by atoms with Gasteiger partial charge in [0.05, 0.1) is 5.56 Å². The predicted octanol–water partition coefficient (Wildman–Crippen LogP) is 3.77. The molecule has 0 N–H and O–H groups in total. The highest BCUT2D eigenvalue weighted by Gasteiger charge is 2.18. The molecule has 0 radical (unpaired) electrons. The van der Waals surface area contributed by atoms with E-state index in [0.717, 1.165) is 11.4 Å². The number of benzene rings is 1. The summed E-state index contributed by atoms with van der Waals surface area (Å²) in [6.07, 6.45) is 3.73. The van der Waals surface area contributed by atoms with E-state index in [4.69, 9.17) is 16.3 Å². The molecule has 0 saturated heterocycles. The minimum atomic E-state index is -0.199. The number of halogens is 1. The number of cyclic esters (lactones) is 1. The molecular weight excluding hydrogens is 224 g/mol. The molecule has 0 saturated carbocycles. The maximum Gasteiger partial charge on any atom is 0.338 e. The van der Waals surface area contributed by atoms with Gasteiger partial charge in [0.1, 0.15) is 6.61 Å². The number of rotatable bonds is 3. The first-order chi connectivity index (χ1) is 7.79. The van der Waals surface area contributed by atoms with Crippen molar-refractivity contribution in [3.05, 3.63) is 35.4 Å². The summed E-state index contributed by atoms with van der Waals surface area (Å²) in [5.74, 6) is 0.629. The maximum atomic E-state index is 10.8. The number of carbonyl (C=O) groups is 1. The van der Waals surface area contributed by atoms with Crippen molar-refractivity contribution in [2.75, 3.05) is 5.88 Å². The molecule has 2 rings (SSSR count). The second-order valence-corrected chi connectivity index (χ2v) is 4.01. The Hall–Kier alpha value is -1.02. The zero-order chi connectivity index (χ0) is 11.8. The molecule has 0 aliphatic carbocycles. The van der Waals surface area contributed by atoms with E-state index in [1.807, 2.05) is 18.2 Å². The van der Waals surface area contributed by atoms with Crippen LogP contribution in [-0.4, -0.2) is 11.8 Å². The molecule has 1 aliphatic heterocycles. The Labute approximate surface area is 102 Å². The van der Waals surface area contributed by atoms with Crippen molar-refractivity contribution >= 4 is 17.6 Å². The summed E-state index contributed by atoms with van der Waals surface area (Å²) < 4.78 is 4.78. The van der Waals surface area contributed by atoms with Gasteiger partial charge in [-0.2, -0.15) is 0 Å². The Morgan fingerprint density at radius 1 is 1.31 bits per heavy atom. The first-order valence-corrected chi connectivity index (χ1v) is 6.14. The van der Waals surface area contributed by atoms with E-state index >= 15 is 0 Å². The number of alkyl halides is 1. The molecule has 0 aromatic heterocycles. The van der Waals surface area contributed by atoms with Crippen LogP contribution < -0.4 is 0 Å². The minimum Gasteiger partial charge on any atom is -0.457 e. The van der Waals surface area contributed by atoms with Crippen molar-refractivity contribution in [2.24, 2.45) is 0 Å². The van der Waals surface area contributed by atoms with E-state index in [1.165, 1.54) is 19.3 Å². The molecule has 1 aliphatic rings. The minimum absolute atomic E-state index is 0.199. The van der Waals surface area contributed by atoms with Crippen LogP contribution in [0, 0.1) is 0 Å². The van der Waals surface area contributed by atoms with E-state index in [0.29, 0.717) is 12.2 Å². The summed E-state index contributed by atoms with van der Waals surface area (Å²) in [5, 5.41) is 0. The topological polar surface area (TPSA) is 26.3 Å². The molecule has 0 atom stereocenters. The van der Waals surface area contributed by atoms with Crippen molar-refractivity contribution in [3.8, 4) is 0 Å². The number of fused-ring (bicyclic) bond motifs is 1. The van der Waals surface area contributed by atoms with Gasteiger partial charge in [-0.05, 0) is 12.5 Å². The van der Waals surface area contributed by atoms with Crippen LogP contribution in [0.4, 0.5) is 0 Å². The molecule has 0 amide bonds. The van der Waals surface area contributed by atoms with Gasteiger partial charge in [0.15, 0.2) is 0 Å². The number of hydrogen-bond donors (Lipinski definition) is 0. The van der Waals surface area contributed by atoms with Crippen LogP contribution in [0.5, 0.6) is 0 Å². The van der Waals surface area contributed by atoms with Gasteiger partial charge in [0, 0.05) is 11.4 Å². The van der Waals surface area contributed by atoms with E-state index in [9.17, 15) is 4.79 Å². The second-order valence-electron chi connectivity index (χ2n) is 3.63. The third-order valence-corrected chi connectivity index (χ3v) is 2.60. The van der Waals surface area contributed by atoms with Crippen LogP contribution in [0.25, 0.3) is 0 Å². The summed E-state index contributed by atoms with van der Waals surface area (Å²) in [5.41, 5.74) is 1.70. The molecule has 88 valence electrons. The first kappa shape index (κ1) is 13.0. The summed E-state index contributed by atoms with van der Waals surface area (Å²) in [4.78, 5) is 10.8. The zero-order valence-electron chi connectivity index (χ0n) is 9.54. The van der Waals surface area contributed by atoms with E-state index in [1.54, 1.807) is 6.07 Å². The zero-order valence-corrected chi connectivity index (χ0v) is 10.3. The van der Waals surface area contributed by atoms with Crippen LogP contribution in [-0.2, 0) is 11.3 Å².